The van der Waals surface area contributed by atoms with Crippen LogP contribution in [0.3, 0.4) is 0 Å². The molecule has 0 saturated heterocycles. The number of thiazole rings is 1. The monoisotopic (exact) mass is 212 g/mol. The molecule has 0 radical (unpaired) electrons. The number of aromatic nitrogens is 1. The van der Waals surface area contributed by atoms with Gasteiger partial charge in [-0.1, -0.05) is 0 Å². The van der Waals surface area contributed by atoms with E-state index in [1.807, 2.05) is 24.9 Å². The maximum atomic E-state index is 10.7. The van der Waals surface area contributed by atoms with Crippen LogP contribution >= 0.6 is 11.3 Å². The average Bonchev–Trinajstić information content (AvgIpc) is 2.62. The Hall–Kier alpha value is -1.00. The lowest BCUT2D eigenvalue weighted by Gasteiger charge is -2.07. The molecule has 1 heterocycles. The van der Waals surface area contributed by atoms with E-state index in [4.69, 9.17) is 5.11 Å². The van der Waals surface area contributed by atoms with Gasteiger partial charge in [-0.05, 0) is 14.1 Å². The number of likely N-dealkylation sites (N-methyl/N-ethyl adjacent to an activating group) is 1. The Kier molecular flexibility index (Phi) is 3.98. The topological polar surface area (TPSA) is 53.4 Å². The minimum absolute atomic E-state index is 0.0927. The molecular formula is C9H12N2O2S. The van der Waals surface area contributed by atoms with Crippen LogP contribution in [0, 0.1) is 0 Å². The molecule has 1 aromatic heterocycles. The summed E-state index contributed by atoms with van der Waals surface area (Å²) in [6.45, 7) is 0.423. The van der Waals surface area contributed by atoms with Crippen molar-refractivity contribution in [3.05, 3.63) is 16.1 Å². The maximum absolute atomic E-state index is 10.7. The highest BCUT2D eigenvalue weighted by Gasteiger charge is 2.09. The second-order valence-corrected chi connectivity index (χ2v) is 3.98. The van der Waals surface area contributed by atoms with Crippen LogP contribution in [0.25, 0.3) is 5.57 Å². The van der Waals surface area contributed by atoms with Crippen LogP contribution in [-0.2, 0) is 11.4 Å². The molecule has 0 unspecified atom stereocenters. The first-order valence-electron chi connectivity index (χ1n) is 4.11. The zero-order chi connectivity index (χ0) is 10.6. The summed E-state index contributed by atoms with van der Waals surface area (Å²) in [6, 6.07) is 0. The van der Waals surface area contributed by atoms with Crippen LogP contribution in [0.15, 0.2) is 5.38 Å². The summed E-state index contributed by atoms with van der Waals surface area (Å²) in [4.78, 5) is 16.6. The zero-order valence-electron chi connectivity index (χ0n) is 8.15. The fraction of sp³-hybridized carbons (Fsp3) is 0.444. The number of rotatable bonds is 4. The summed E-state index contributed by atoms with van der Waals surface area (Å²) in [7, 11) is 3.75. The average molecular weight is 212 g/mol. The van der Waals surface area contributed by atoms with Gasteiger partial charge in [-0.3, -0.25) is 0 Å². The second-order valence-electron chi connectivity index (χ2n) is 3.12. The van der Waals surface area contributed by atoms with Gasteiger partial charge in [0.05, 0.1) is 17.9 Å². The first kappa shape index (κ1) is 11.1. The van der Waals surface area contributed by atoms with Crippen molar-refractivity contribution >= 4 is 22.9 Å². The summed E-state index contributed by atoms with van der Waals surface area (Å²) in [5.41, 5.74) is 1.12. The first-order chi connectivity index (χ1) is 6.67. The molecule has 5 heteroatoms. The summed E-state index contributed by atoms with van der Waals surface area (Å²) >= 11 is 1.35. The predicted octanol–water partition coefficient (Wildman–Crippen LogP) is 0.412. The van der Waals surface area contributed by atoms with Crippen molar-refractivity contribution in [3.63, 3.8) is 0 Å². The Morgan fingerprint density at radius 3 is 2.86 bits per heavy atom. The third kappa shape index (κ3) is 2.75. The summed E-state index contributed by atoms with van der Waals surface area (Å²) in [6.07, 6.45) is 0. The van der Waals surface area contributed by atoms with E-state index in [9.17, 15) is 4.79 Å². The van der Waals surface area contributed by atoms with Crippen LogP contribution in [0.4, 0.5) is 0 Å². The smallest absolute Gasteiger partial charge is 0.132 e. The van der Waals surface area contributed by atoms with Crippen molar-refractivity contribution in [3.8, 4) is 0 Å². The minimum Gasteiger partial charge on any atom is -0.390 e. The van der Waals surface area contributed by atoms with Crippen molar-refractivity contribution in [1.82, 2.24) is 9.88 Å². The molecule has 1 aromatic rings. The third-order valence-electron chi connectivity index (χ3n) is 1.57. The van der Waals surface area contributed by atoms with Crippen LogP contribution in [0.2, 0.25) is 0 Å². The molecule has 1 N–H and O–H groups in total. The summed E-state index contributed by atoms with van der Waals surface area (Å²) in [5.74, 6) is 1.88. The summed E-state index contributed by atoms with van der Waals surface area (Å²) < 4.78 is 0. The SMILES string of the molecule is CN(C)CC(=C=O)c1nc(CO)cs1. The highest BCUT2D eigenvalue weighted by Crippen LogP contribution is 2.17. The van der Waals surface area contributed by atoms with E-state index in [1.165, 1.54) is 11.3 Å². The number of aliphatic hydroxyl groups is 1. The standard InChI is InChI=1S/C9H12N2O2S/c1-11(2)3-7(4-12)9-10-8(5-13)6-14-9/h6,13H,3,5H2,1-2H3. The van der Waals surface area contributed by atoms with E-state index < -0.39 is 0 Å². The number of nitrogens with zero attached hydrogens (tertiary/aromatic N) is 2. The molecular weight excluding hydrogens is 200 g/mol. The maximum Gasteiger partial charge on any atom is 0.132 e. The molecule has 0 atom stereocenters. The fourth-order valence-electron chi connectivity index (χ4n) is 0.978. The van der Waals surface area contributed by atoms with Crippen molar-refractivity contribution < 1.29 is 9.90 Å². The van der Waals surface area contributed by atoms with E-state index in [0.717, 1.165) is 0 Å². The van der Waals surface area contributed by atoms with Gasteiger partial charge < -0.3 is 10.0 Å². The molecule has 0 fully saturated rings. The molecule has 0 spiro atoms. The zero-order valence-corrected chi connectivity index (χ0v) is 8.97. The number of hydrogen-bond donors (Lipinski definition) is 1. The van der Waals surface area contributed by atoms with Crippen LogP contribution in [0.1, 0.15) is 10.7 Å². The fourth-order valence-corrected chi connectivity index (χ4v) is 1.77. The first-order valence-corrected chi connectivity index (χ1v) is 4.99. The van der Waals surface area contributed by atoms with Crippen molar-refractivity contribution in [1.29, 1.82) is 0 Å². The van der Waals surface area contributed by atoms with E-state index in [0.29, 0.717) is 22.8 Å². The number of carbonyl (C=O) groups excluding carboxylic acids is 1. The molecule has 0 aliphatic carbocycles. The normalized spacial score (nSPS) is 10.3. The van der Waals surface area contributed by atoms with Crippen LogP contribution in [-0.4, -0.2) is 41.6 Å². The van der Waals surface area contributed by atoms with Gasteiger partial charge in [-0.25, -0.2) is 9.78 Å². The Morgan fingerprint density at radius 2 is 2.43 bits per heavy atom. The van der Waals surface area contributed by atoms with Gasteiger partial charge in [0, 0.05) is 11.9 Å². The van der Waals surface area contributed by atoms with E-state index >= 15 is 0 Å². The van der Waals surface area contributed by atoms with Crippen LogP contribution < -0.4 is 0 Å². The molecule has 0 saturated carbocycles. The van der Waals surface area contributed by atoms with Gasteiger partial charge in [0.25, 0.3) is 0 Å². The Labute approximate surface area is 86.5 Å². The van der Waals surface area contributed by atoms with E-state index in [-0.39, 0.29) is 6.61 Å². The lowest BCUT2D eigenvalue weighted by molar-refractivity contribution is 0.277. The molecule has 0 aliphatic rings. The quantitative estimate of drug-likeness (QED) is 0.735. The van der Waals surface area contributed by atoms with Crippen molar-refractivity contribution in [2.75, 3.05) is 20.6 Å². The van der Waals surface area contributed by atoms with Gasteiger partial charge >= 0.3 is 0 Å². The molecule has 0 bridgehead atoms. The van der Waals surface area contributed by atoms with Crippen LogP contribution in [0.5, 0.6) is 0 Å². The molecule has 0 aromatic carbocycles. The minimum atomic E-state index is -0.0927. The van der Waals surface area contributed by atoms with E-state index in [1.54, 1.807) is 5.38 Å². The largest absolute Gasteiger partial charge is 0.390 e. The van der Waals surface area contributed by atoms with Gasteiger partial charge in [0.1, 0.15) is 10.9 Å². The van der Waals surface area contributed by atoms with Gasteiger partial charge in [0.15, 0.2) is 0 Å². The Balaban J connectivity index is 2.85. The molecule has 0 amide bonds. The second kappa shape index (κ2) is 5.02. The number of aliphatic hydroxyl groups excluding tert-OH is 1. The van der Waals surface area contributed by atoms with E-state index in [2.05, 4.69) is 4.98 Å². The molecule has 0 aliphatic heterocycles. The predicted molar refractivity (Wildman–Crippen MR) is 55.7 cm³/mol. The third-order valence-corrected chi connectivity index (χ3v) is 2.52. The lowest BCUT2D eigenvalue weighted by Crippen LogP contribution is -2.14. The lowest BCUT2D eigenvalue weighted by atomic mass is 10.3. The van der Waals surface area contributed by atoms with Crippen molar-refractivity contribution in [2.45, 2.75) is 6.61 Å². The summed E-state index contributed by atoms with van der Waals surface area (Å²) in [5, 5.41) is 11.2. The van der Waals surface area contributed by atoms with Gasteiger partial charge in [0.2, 0.25) is 0 Å². The Bertz CT molecular complexity index is 353. The number of hydrogen-bond acceptors (Lipinski definition) is 5. The highest BCUT2D eigenvalue weighted by atomic mass is 32.1. The van der Waals surface area contributed by atoms with Crippen molar-refractivity contribution in [2.24, 2.45) is 0 Å². The molecule has 1 rings (SSSR count). The molecule has 4 nitrogen and oxygen atoms in total. The molecule has 76 valence electrons. The van der Waals surface area contributed by atoms with Gasteiger partial charge in [-0.15, -0.1) is 11.3 Å². The Morgan fingerprint density at radius 1 is 1.71 bits per heavy atom. The highest BCUT2D eigenvalue weighted by molar-refractivity contribution is 7.10. The molecule has 14 heavy (non-hydrogen) atoms. The van der Waals surface area contributed by atoms with Gasteiger partial charge in [-0.2, -0.15) is 0 Å².